The maximum absolute atomic E-state index is 14.9. The van der Waals surface area contributed by atoms with Crippen LogP contribution in [0.1, 0.15) is 46.4 Å². The number of alkyl halides is 8. The maximum atomic E-state index is 14.9. The van der Waals surface area contributed by atoms with Gasteiger partial charge in [0.25, 0.3) is 5.92 Å². The van der Waals surface area contributed by atoms with Gasteiger partial charge >= 0.3 is 12.4 Å². The van der Waals surface area contributed by atoms with Crippen molar-refractivity contribution in [3.63, 3.8) is 0 Å². The van der Waals surface area contributed by atoms with Gasteiger partial charge in [-0.3, -0.25) is 23.4 Å². The zero-order valence-electron chi connectivity index (χ0n) is 29.2. The Bertz CT molecular complexity index is 2270. The van der Waals surface area contributed by atoms with Crippen molar-refractivity contribution in [1.82, 2.24) is 29.9 Å². The van der Waals surface area contributed by atoms with Crippen LogP contribution in [-0.4, -0.2) is 61.1 Å². The van der Waals surface area contributed by atoms with Crippen LogP contribution in [0.25, 0.3) is 22.0 Å². The summed E-state index contributed by atoms with van der Waals surface area (Å²) < 4.78 is 145. The number of amides is 1. The second-order valence-electron chi connectivity index (χ2n) is 12.9. The van der Waals surface area contributed by atoms with Crippen LogP contribution in [0.2, 0.25) is 5.02 Å². The number of anilines is 1. The van der Waals surface area contributed by atoms with Crippen molar-refractivity contribution in [3.05, 3.63) is 93.0 Å². The predicted octanol–water partition coefficient (Wildman–Crippen LogP) is 8.33. The molecule has 2 N–H and O–H groups in total. The van der Waals surface area contributed by atoms with Gasteiger partial charge in [0, 0.05) is 41.1 Å². The van der Waals surface area contributed by atoms with E-state index in [1.165, 1.54) is 35.5 Å². The van der Waals surface area contributed by atoms with E-state index >= 15 is 0 Å². The summed E-state index contributed by atoms with van der Waals surface area (Å²) in [5.74, 6) is -6.90. The number of hydrogen-bond acceptors (Lipinski definition) is 7. The van der Waals surface area contributed by atoms with Crippen LogP contribution < -0.4 is 9.62 Å². The molecule has 0 bridgehead atoms. The van der Waals surface area contributed by atoms with Crippen molar-refractivity contribution in [1.29, 1.82) is 0 Å². The van der Waals surface area contributed by atoms with Gasteiger partial charge in [0.2, 0.25) is 5.91 Å². The Balaban J connectivity index is 1.52. The number of nitrogens with one attached hydrogen (secondary N) is 1. The molecule has 0 fully saturated rings. The number of nitrogens with zero attached hydrogens (tertiary/aromatic N) is 6. The van der Waals surface area contributed by atoms with Crippen molar-refractivity contribution < 1.29 is 53.8 Å². The molecule has 1 amide bonds. The number of aliphatic hydroxyl groups excluding tert-OH is 1. The Morgan fingerprint density at radius 3 is 2.34 bits per heavy atom. The van der Waals surface area contributed by atoms with Gasteiger partial charge in [0.1, 0.15) is 30.4 Å². The second kappa shape index (κ2) is 15.4. The highest BCUT2D eigenvalue weighted by molar-refractivity contribution is 8.00. The normalized spacial score (nSPS) is 14.7. The zero-order chi connectivity index (χ0) is 40.9. The maximum Gasteiger partial charge on any atom is 0.435 e. The molecule has 56 heavy (non-hydrogen) atoms. The van der Waals surface area contributed by atoms with Crippen molar-refractivity contribution in [2.24, 2.45) is 0 Å². The minimum absolute atomic E-state index is 0.00680. The van der Waals surface area contributed by atoms with Gasteiger partial charge in [-0.25, -0.2) is 8.78 Å². The molecular weight excluding hydrogens is 808 g/mol. The van der Waals surface area contributed by atoms with E-state index in [-0.39, 0.29) is 55.4 Å². The Labute approximate surface area is 320 Å². The van der Waals surface area contributed by atoms with Crippen molar-refractivity contribution >= 4 is 46.2 Å². The molecule has 2 aromatic carbocycles. The van der Waals surface area contributed by atoms with E-state index in [4.69, 9.17) is 11.6 Å². The van der Waals surface area contributed by atoms with Crippen molar-refractivity contribution in [2.75, 3.05) is 23.7 Å². The molecule has 9 nitrogen and oxygen atoms in total. The quantitative estimate of drug-likeness (QED) is 0.0964. The molecule has 3 aromatic heterocycles. The molecule has 300 valence electrons. The fourth-order valence-electron chi connectivity index (χ4n) is 6.83. The van der Waals surface area contributed by atoms with E-state index in [0.29, 0.717) is 16.4 Å². The van der Waals surface area contributed by atoms with E-state index in [2.05, 4.69) is 20.5 Å². The summed E-state index contributed by atoms with van der Waals surface area (Å²) >= 11 is 7.65. The lowest BCUT2D eigenvalue weighted by atomic mass is 9.93. The molecule has 0 radical (unpaired) electrons. The fraction of sp³-hybridized carbons (Fsp3) is 0.371. The van der Waals surface area contributed by atoms with Gasteiger partial charge in [-0.2, -0.15) is 45.3 Å². The van der Waals surface area contributed by atoms with Gasteiger partial charge in [-0.1, -0.05) is 35.7 Å². The highest BCUT2D eigenvalue weighted by Gasteiger charge is 2.50. The first-order valence-electron chi connectivity index (χ1n) is 16.7. The standard InChI is InChI=1S/C35H30ClF10N7O2S/c1-17-3-4-21(22-5-6-24(36)27-29(22)52(16-34(41,42)43)50-32(27)53(56-2)9-10-54)28(47-17)25(13-18-11-19(37)14-20(38)12-18)48-26(55)15-51-31-23(7-8-33(31,39)40)30(49-51)35(44,45)46/h3-6,11-12,14,25,54H,7-10,13,15-16H2,1-2H3,(H,48,55). The summed E-state index contributed by atoms with van der Waals surface area (Å²) in [5, 5.41) is 19.8. The molecule has 1 unspecified atom stereocenters. The van der Waals surface area contributed by atoms with E-state index in [0.717, 1.165) is 24.1 Å². The molecule has 5 aromatic rings. The summed E-state index contributed by atoms with van der Waals surface area (Å²) in [6, 6.07) is 6.77. The van der Waals surface area contributed by atoms with Gasteiger partial charge < -0.3 is 10.4 Å². The predicted molar refractivity (Wildman–Crippen MR) is 187 cm³/mol. The van der Waals surface area contributed by atoms with Crippen molar-refractivity contribution in [3.8, 4) is 11.1 Å². The van der Waals surface area contributed by atoms with E-state index < -0.39 is 97.8 Å². The number of halogens is 11. The topological polar surface area (TPSA) is 101 Å². The lowest BCUT2D eigenvalue weighted by Gasteiger charge is -2.23. The summed E-state index contributed by atoms with van der Waals surface area (Å²) in [6.07, 6.45) is -10.3. The average molecular weight is 838 g/mol. The Kier molecular flexibility index (Phi) is 11.3. The Morgan fingerprint density at radius 1 is 1.04 bits per heavy atom. The second-order valence-corrected chi connectivity index (χ2v) is 14.2. The number of pyridine rings is 1. The van der Waals surface area contributed by atoms with E-state index in [1.807, 2.05) is 0 Å². The van der Waals surface area contributed by atoms with Crippen LogP contribution in [0.5, 0.6) is 0 Å². The summed E-state index contributed by atoms with van der Waals surface area (Å²) in [7, 11) is 0. The van der Waals surface area contributed by atoms with E-state index in [9.17, 15) is 53.8 Å². The number of benzene rings is 2. The number of rotatable bonds is 12. The van der Waals surface area contributed by atoms with Crippen LogP contribution >= 0.6 is 23.5 Å². The van der Waals surface area contributed by atoms with Crippen LogP contribution in [0.3, 0.4) is 0 Å². The van der Waals surface area contributed by atoms with Gasteiger partial charge in [-0.15, -0.1) is 0 Å². The summed E-state index contributed by atoms with van der Waals surface area (Å²) in [5.41, 5.74) is -3.19. The number of carbonyl (C=O) groups is 1. The zero-order valence-corrected chi connectivity index (χ0v) is 30.7. The number of hydrogen-bond donors (Lipinski definition) is 2. The fourth-order valence-corrected chi connectivity index (χ4v) is 7.63. The first-order valence-corrected chi connectivity index (χ1v) is 18.2. The molecule has 1 aliphatic rings. The molecule has 0 aliphatic heterocycles. The lowest BCUT2D eigenvalue weighted by molar-refractivity contribution is -0.142. The van der Waals surface area contributed by atoms with Crippen LogP contribution in [0.15, 0.2) is 42.5 Å². The molecule has 0 saturated carbocycles. The molecule has 0 spiro atoms. The monoisotopic (exact) mass is 837 g/mol. The van der Waals surface area contributed by atoms with Gasteiger partial charge in [0.05, 0.1) is 40.8 Å². The third-order valence-corrected chi connectivity index (χ3v) is 10.1. The number of aliphatic hydroxyl groups is 1. The smallest absolute Gasteiger partial charge is 0.394 e. The van der Waals surface area contributed by atoms with E-state index in [1.54, 1.807) is 6.26 Å². The number of fused-ring (bicyclic) bond motifs is 2. The number of aromatic nitrogens is 5. The average Bonchev–Trinajstić information content (AvgIpc) is 3.74. The minimum atomic E-state index is -5.11. The summed E-state index contributed by atoms with van der Waals surface area (Å²) in [6.45, 7) is -1.63. The molecule has 0 saturated heterocycles. The number of aryl methyl sites for hydroxylation is 1. The number of carbonyl (C=O) groups excluding carboxylic acids is 1. The lowest BCUT2D eigenvalue weighted by Crippen LogP contribution is -2.35. The molecule has 21 heteroatoms. The largest absolute Gasteiger partial charge is 0.435 e. The molecule has 6 rings (SSSR count). The first-order chi connectivity index (χ1) is 26.2. The Hall–Kier alpha value is -4.56. The molecule has 3 heterocycles. The van der Waals surface area contributed by atoms with Crippen LogP contribution in [-0.2, 0) is 42.8 Å². The molecule has 1 atom stereocenters. The van der Waals surface area contributed by atoms with Crippen LogP contribution in [0.4, 0.5) is 49.7 Å². The summed E-state index contributed by atoms with van der Waals surface area (Å²) in [4.78, 5) is 18.3. The highest BCUT2D eigenvalue weighted by Crippen LogP contribution is 2.47. The third kappa shape index (κ3) is 8.41. The highest BCUT2D eigenvalue weighted by atomic mass is 35.5. The molecular formula is C35H30ClF10N7O2S. The van der Waals surface area contributed by atoms with Gasteiger partial charge in [0.15, 0.2) is 11.5 Å². The molecule has 1 aliphatic carbocycles. The first kappa shape index (κ1) is 41.1. The van der Waals surface area contributed by atoms with Gasteiger partial charge in [-0.05, 0) is 49.6 Å². The SMILES string of the molecule is CSN(CCO)c1nn(CC(F)(F)F)c2c(-c3ccc(C)nc3C(Cc3cc(F)cc(F)c3)NC(=O)Cn3nc(C(F)(F)F)c4c3C(F)(F)CC4)ccc(Cl)c12. The van der Waals surface area contributed by atoms with Crippen molar-refractivity contribution in [2.45, 2.75) is 63.6 Å². The third-order valence-electron chi connectivity index (χ3n) is 8.94. The van der Waals surface area contributed by atoms with Crippen LogP contribution in [0, 0.1) is 18.6 Å². The minimum Gasteiger partial charge on any atom is -0.394 e. The Morgan fingerprint density at radius 2 is 1.71 bits per heavy atom.